The fourth-order valence-corrected chi connectivity index (χ4v) is 4.10. The fourth-order valence-electron chi connectivity index (χ4n) is 3.30. The van der Waals surface area contributed by atoms with Crippen LogP contribution in [0.4, 0.5) is 0 Å². The van der Waals surface area contributed by atoms with Gasteiger partial charge in [0.05, 0.1) is 18.8 Å². The molecule has 146 valence electrons. The van der Waals surface area contributed by atoms with Gasteiger partial charge in [0.2, 0.25) is 5.91 Å². The van der Waals surface area contributed by atoms with Gasteiger partial charge in [-0.1, -0.05) is 43.7 Å². The zero-order valence-electron chi connectivity index (χ0n) is 16.1. The molecule has 1 N–H and O–H groups in total. The second kappa shape index (κ2) is 10.0. The molecule has 1 saturated heterocycles. The van der Waals surface area contributed by atoms with Crippen molar-refractivity contribution in [3.63, 3.8) is 0 Å². The average molecular weight is 388 g/mol. The number of hydrogen-bond acceptors (Lipinski definition) is 4. The molecule has 0 aliphatic carbocycles. The zero-order valence-corrected chi connectivity index (χ0v) is 17.0. The Morgan fingerprint density at radius 2 is 2.15 bits per heavy atom. The van der Waals surface area contributed by atoms with Gasteiger partial charge < -0.3 is 14.8 Å². The van der Waals surface area contributed by atoms with Crippen LogP contribution in [-0.2, 0) is 20.7 Å². The molecule has 0 bridgehead atoms. The summed E-state index contributed by atoms with van der Waals surface area (Å²) in [5.74, 6) is -0.0935. The molecule has 2 aromatic rings. The number of hydrogen-bond donors (Lipinski definition) is 1. The van der Waals surface area contributed by atoms with Gasteiger partial charge >= 0.3 is 0 Å². The summed E-state index contributed by atoms with van der Waals surface area (Å²) in [4.78, 5) is 13.8. The minimum absolute atomic E-state index is 0.0935. The van der Waals surface area contributed by atoms with Crippen molar-refractivity contribution in [1.29, 1.82) is 0 Å². The molecule has 4 nitrogen and oxygen atoms in total. The predicted molar refractivity (Wildman–Crippen MR) is 109 cm³/mol. The molecule has 1 aliphatic heterocycles. The van der Waals surface area contributed by atoms with Crippen LogP contribution >= 0.6 is 11.3 Å². The summed E-state index contributed by atoms with van der Waals surface area (Å²) in [6.45, 7) is 5.26. The Morgan fingerprint density at radius 3 is 2.78 bits per heavy atom. The van der Waals surface area contributed by atoms with E-state index < -0.39 is 6.10 Å². The first-order chi connectivity index (χ1) is 13.2. The molecule has 1 aromatic carbocycles. The third kappa shape index (κ3) is 5.64. The van der Waals surface area contributed by atoms with Crippen LogP contribution in [0.15, 0.2) is 41.8 Å². The van der Waals surface area contributed by atoms with Gasteiger partial charge in [0, 0.05) is 11.5 Å². The second-order valence-electron chi connectivity index (χ2n) is 7.06. The van der Waals surface area contributed by atoms with Gasteiger partial charge in [-0.25, -0.2) is 0 Å². The maximum atomic E-state index is 12.7. The first-order valence-corrected chi connectivity index (χ1v) is 10.7. The van der Waals surface area contributed by atoms with E-state index in [0.717, 1.165) is 42.7 Å². The maximum absolute atomic E-state index is 12.7. The molecule has 2 heterocycles. The Kier molecular flexibility index (Phi) is 7.44. The summed E-state index contributed by atoms with van der Waals surface area (Å²) < 4.78 is 11.3. The number of carbonyl (C=O) groups is 1. The molecular weight excluding hydrogens is 358 g/mol. The number of carbonyl (C=O) groups excluding carboxylic acids is 1. The van der Waals surface area contributed by atoms with Gasteiger partial charge in [0.15, 0.2) is 0 Å². The van der Waals surface area contributed by atoms with Gasteiger partial charge in [-0.15, -0.1) is 11.3 Å². The Bertz CT molecular complexity index is 693. The van der Waals surface area contributed by atoms with E-state index in [-0.39, 0.29) is 18.1 Å². The van der Waals surface area contributed by atoms with E-state index in [9.17, 15) is 4.79 Å². The highest BCUT2D eigenvalue weighted by atomic mass is 32.1. The molecule has 1 fully saturated rings. The number of rotatable bonds is 9. The van der Waals surface area contributed by atoms with Crippen LogP contribution in [0.2, 0.25) is 0 Å². The van der Waals surface area contributed by atoms with Crippen LogP contribution in [-0.4, -0.2) is 31.3 Å². The Morgan fingerprint density at radius 1 is 1.33 bits per heavy atom. The third-order valence-corrected chi connectivity index (χ3v) is 5.83. The van der Waals surface area contributed by atoms with Crippen molar-refractivity contribution < 1.29 is 14.3 Å². The lowest BCUT2D eigenvalue weighted by atomic mass is 10.0. The van der Waals surface area contributed by atoms with Gasteiger partial charge in [-0.2, -0.15) is 0 Å². The van der Waals surface area contributed by atoms with Gasteiger partial charge in [0.1, 0.15) is 6.10 Å². The summed E-state index contributed by atoms with van der Waals surface area (Å²) in [5.41, 5.74) is 2.42. The molecule has 3 unspecified atom stereocenters. The van der Waals surface area contributed by atoms with Crippen molar-refractivity contribution >= 4 is 17.2 Å². The number of benzene rings is 1. The smallest absolute Gasteiger partial charge is 0.249 e. The van der Waals surface area contributed by atoms with E-state index in [1.165, 1.54) is 5.56 Å². The molecule has 1 amide bonds. The van der Waals surface area contributed by atoms with Crippen LogP contribution in [0.5, 0.6) is 0 Å². The molecule has 5 heteroatoms. The maximum Gasteiger partial charge on any atom is 0.249 e. The first kappa shape index (κ1) is 20.1. The topological polar surface area (TPSA) is 47.6 Å². The third-order valence-electron chi connectivity index (χ3n) is 4.89. The van der Waals surface area contributed by atoms with Crippen molar-refractivity contribution in [3.8, 4) is 0 Å². The van der Waals surface area contributed by atoms with E-state index in [1.807, 2.05) is 11.4 Å². The molecule has 0 saturated carbocycles. The van der Waals surface area contributed by atoms with Crippen molar-refractivity contribution in [3.05, 3.63) is 57.8 Å². The van der Waals surface area contributed by atoms with Crippen molar-refractivity contribution in [2.75, 3.05) is 13.2 Å². The number of nitrogens with one attached hydrogen (secondary N) is 1. The van der Waals surface area contributed by atoms with Gasteiger partial charge in [0.25, 0.3) is 0 Å². The summed E-state index contributed by atoms with van der Waals surface area (Å²) in [6.07, 6.45) is 3.91. The summed E-state index contributed by atoms with van der Waals surface area (Å²) in [5, 5.41) is 5.21. The number of amides is 1. The van der Waals surface area contributed by atoms with Crippen LogP contribution < -0.4 is 5.32 Å². The summed E-state index contributed by atoms with van der Waals surface area (Å²) in [6, 6.07) is 12.5. The lowest BCUT2D eigenvalue weighted by Crippen LogP contribution is -2.38. The lowest BCUT2D eigenvalue weighted by Gasteiger charge is -2.22. The average Bonchev–Trinajstić information content (AvgIpc) is 3.39. The Labute approximate surface area is 165 Å². The molecule has 3 atom stereocenters. The Balaban J connectivity index is 1.65. The zero-order chi connectivity index (χ0) is 19.1. The predicted octanol–water partition coefficient (Wildman–Crippen LogP) is 4.49. The van der Waals surface area contributed by atoms with E-state index in [1.54, 1.807) is 18.3 Å². The van der Waals surface area contributed by atoms with Crippen LogP contribution in [0.1, 0.15) is 55.2 Å². The molecule has 1 aliphatic rings. The van der Waals surface area contributed by atoms with E-state index >= 15 is 0 Å². The molecular formula is C22H29NO3S. The van der Waals surface area contributed by atoms with E-state index in [4.69, 9.17) is 9.47 Å². The van der Waals surface area contributed by atoms with Crippen molar-refractivity contribution in [2.24, 2.45) is 0 Å². The Hall–Kier alpha value is -1.69. The minimum Gasteiger partial charge on any atom is -0.376 e. The standard InChI is InChI=1S/C22H29NO3S/c1-3-6-17-9-11-18(12-10-17)21(20-8-5-14-27-20)23-22(24)16(2)26-15-19-7-4-13-25-19/h5,8-12,14,16,19,21H,3-4,6-7,13,15H2,1-2H3,(H,23,24). The highest BCUT2D eigenvalue weighted by molar-refractivity contribution is 7.10. The highest BCUT2D eigenvalue weighted by Crippen LogP contribution is 2.27. The molecule has 3 rings (SSSR count). The monoisotopic (exact) mass is 387 g/mol. The fraction of sp³-hybridized carbons (Fsp3) is 0.500. The minimum atomic E-state index is -0.504. The van der Waals surface area contributed by atoms with Crippen LogP contribution in [0.25, 0.3) is 0 Å². The quantitative estimate of drug-likeness (QED) is 0.690. The van der Waals surface area contributed by atoms with Crippen molar-refractivity contribution in [1.82, 2.24) is 5.32 Å². The molecule has 1 aromatic heterocycles. The highest BCUT2D eigenvalue weighted by Gasteiger charge is 2.23. The van der Waals surface area contributed by atoms with Crippen LogP contribution in [0.3, 0.4) is 0 Å². The summed E-state index contributed by atoms with van der Waals surface area (Å²) >= 11 is 1.65. The SMILES string of the molecule is CCCc1ccc(C(NC(=O)C(C)OCC2CCCO2)c2cccs2)cc1. The second-order valence-corrected chi connectivity index (χ2v) is 8.04. The van der Waals surface area contributed by atoms with Gasteiger partial charge in [-0.3, -0.25) is 4.79 Å². The van der Waals surface area contributed by atoms with E-state index in [0.29, 0.717) is 6.61 Å². The normalized spacial score (nSPS) is 19.0. The lowest BCUT2D eigenvalue weighted by molar-refractivity contribution is -0.134. The van der Waals surface area contributed by atoms with Gasteiger partial charge in [-0.05, 0) is 48.8 Å². The number of thiophene rings is 1. The number of aryl methyl sites for hydroxylation is 1. The first-order valence-electron chi connectivity index (χ1n) is 9.83. The summed E-state index contributed by atoms with van der Waals surface area (Å²) in [7, 11) is 0. The molecule has 27 heavy (non-hydrogen) atoms. The number of ether oxygens (including phenoxy) is 2. The van der Waals surface area contributed by atoms with E-state index in [2.05, 4.69) is 42.6 Å². The molecule has 0 radical (unpaired) electrons. The van der Waals surface area contributed by atoms with Crippen LogP contribution in [0, 0.1) is 0 Å². The largest absolute Gasteiger partial charge is 0.376 e. The van der Waals surface area contributed by atoms with Crippen molar-refractivity contribution in [2.45, 2.75) is 57.8 Å². The molecule has 0 spiro atoms.